The van der Waals surface area contributed by atoms with Crippen molar-refractivity contribution in [1.29, 1.82) is 0 Å². The van der Waals surface area contributed by atoms with E-state index in [0.29, 0.717) is 0 Å². The van der Waals surface area contributed by atoms with E-state index in [1.807, 2.05) is 26.8 Å². The molecule has 1 amide bonds. The minimum Gasteiger partial charge on any atom is -0.478 e. The molecule has 1 atom stereocenters. The van der Waals surface area contributed by atoms with Crippen molar-refractivity contribution in [3.8, 4) is 0 Å². The highest BCUT2D eigenvalue weighted by Crippen LogP contribution is 2.30. The normalized spacial score (nSPS) is 17.8. The summed E-state index contributed by atoms with van der Waals surface area (Å²) in [6.45, 7) is 5.43. The van der Waals surface area contributed by atoms with Crippen LogP contribution < -0.4 is 5.32 Å². The van der Waals surface area contributed by atoms with E-state index in [0.717, 1.165) is 30.4 Å². The molecule has 21 heavy (non-hydrogen) atoms. The van der Waals surface area contributed by atoms with Crippen LogP contribution in [0.15, 0.2) is 18.2 Å². The summed E-state index contributed by atoms with van der Waals surface area (Å²) in [5.41, 5.74) is 1.66. The van der Waals surface area contributed by atoms with Gasteiger partial charge in [0.05, 0.1) is 11.6 Å². The number of carbonyl (C=O) groups excluding carboxylic acids is 1. The van der Waals surface area contributed by atoms with Gasteiger partial charge < -0.3 is 15.2 Å². The number of aromatic carboxylic acids is 1. The van der Waals surface area contributed by atoms with Crippen LogP contribution in [0.5, 0.6) is 0 Å². The molecule has 5 heteroatoms. The Labute approximate surface area is 124 Å². The molecule has 2 rings (SSSR count). The summed E-state index contributed by atoms with van der Waals surface area (Å²) in [6, 6.07) is 4.90. The maximum atomic E-state index is 11.9. The summed E-state index contributed by atoms with van der Waals surface area (Å²) in [7, 11) is 0. The van der Waals surface area contributed by atoms with Gasteiger partial charge in [0.15, 0.2) is 0 Å². The Morgan fingerprint density at radius 1 is 1.33 bits per heavy atom. The standard InChI is InChI=1S/C16H21NO4/c1-16(2,3)21-15(20)17-13-6-4-5-10-7-8-11(14(18)19)9-12(10)13/h7-9,13H,4-6H2,1-3H3,(H,17,20)(H,18,19). The SMILES string of the molecule is CC(C)(C)OC(=O)NC1CCCc2ccc(C(=O)O)cc21. The van der Waals surface area contributed by atoms with Crippen molar-refractivity contribution in [3.05, 3.63) is 34.9 Å². The first-order valence-electron chi connectivity index (χ1n) is 7.12. The van der Waals surface area contributed by atoms with Crippen LogP contribution in [0.25, 0.3) is 0 Å². The van der Waals surface area contributed by atoms with E-state index in [2.05, 4.69) is 5.32 Å². The van der Waals surface area contributed by atoms with Crippen molar-refractivity contribution in [2.24, 2.45) is 0 Å². The number of carbonyl (C=O) groups is 2. The van der Waals surface area contributed by atoms with E-state index in [-0.39, 0.29) is 11.6 Å². The highest BCUT2D eigenvalue weighted by molar-refractivity contribution is 5.88. The van der Waals surface area contributed by atoms with E-state index in [4.69, 9.17) is 9.84 Å². The number of hydrogen-bond acceptors (Lipinski definition) is 3. The predicted molar refractivity (Wildman–Crippen MR) is 78.5 cm³/mol. The predicted octanol–water partition coefficient (Wildman–Crippen LogP) is 3.29. The van der Waals surface area contributed by atoms with Crippen LogP contribution in [0, 0.1) is 0 Å². The van der Waals surface area contributed by atoms with E-state index < -0.39 is 17.7 Å². The van der Waals surface area contributed by atoms with Gasteiger partial charge in [-0.05, 0) is 63.3 Å². The number of hydrogen-bond donors (Lipinski definition) is 2. The van der Waals surface area contributed by atoms with Crippen molar-refractivity contribution in [2.75, 3.05) is 0 Å². The molecule has 0 radical (unpaired) electrons. The zero-order chi connectivity index (χ0) is 15.6. The van der Waals surface area contributed by atoms with Crippen LogP contribution in [-0.2, 0) is 11.2 Å². The minimum absolute atomic E-state index is 0.192. The summed E-state index contributed by atoms with van der Waals surface area (Å²) in [6.07, 6.45) is 2.18. The molecule has 0 aliphatic heterocycles. The third-order valence-electron chi connectivity index (χ3n) is 3.40. The van der Waals surface area contributed by atoms with Gasteiger partial charge in [-0.25, -0.2) is 9.59 Å². The fourth-order valence-electron chi connectivity index (χ4n) is 2.53. The van der Waals surface area contributed by atoms with Gasteiger partial charge in [-0.2, -0.15) is 0 Å². The summed E-state index contributed by atoms with van der Waals surface area (Å²) >= 11 is 0. The number of rotatable bonds is 2. The lowest BCUT2D eigenvalue weighted by molar-refractivity contribution is 0.0498. The van der Waals surface area contributed by atoms with E-state index in [9.17, 15) is 9.59 Å². The fraction of sp³-hybridized carbons (Fsp3) is 0.500. The lowest BCUT2D eigenvalue weighted by Gasteiger charge is -2.28. The molecular formula is C16H21NO4. The number of ether oxygens (including phenoxy) is 1. The summed E-state index contributed by atoms with van der Waals surface area (Å²) in [5.74, 6) is -0.959. The Morgan fingerprint density at radius 3 is 2.67 bits per heavy atom. The number of carboxylic acids is 1. The van der Waals surface area contributed by atoms with Crippen molar-refractivity contribution in [3.63, 3.8) is 0 Å². The van der Waals surface area contributed by atoms with Gasteiger partial charge in [0.1, 0.15) is 5.60 Å². The van der Waals surface area contributed by atoms with E-state index >= 15 is 0 Å². The minimum atomic E-state index is -0.959. The maximum absolute atomic E-state index is 11.9. The van der Waals surface area contributed by atoms with Gasteiger partial charge in [0.2, 0.25) is 0 Å². The van der Waals surface area contributed by atoms with Crippen LogP contribution in [0.1, 0.15) is 61.1 Å². The first kappa shape index (κ1) is 15.4. The summed E-state index contributed by atoms with van der Waals surface area (Å²) in [5, 5.41) is 11.9. The number of fused-ring (bicyclic) bond motifs is 1. The summed E-state index contributed by atoms with van der Waals surface area (Å²) < 4.78 is 5.27. The van der Waals surface area contributed by atoms with Crippen molar-refractivity contribution < 1.29 is 19.4 Å². The van der Waals surface area contributed by atoms with Gasteiger partial charge in [-0.15, -0.1) is 0 Å². The molecule has 0 aromatic heterocycles. The molecule has 1 aromatic carbocycles. The number of benzene rings is 1. The fourth-order valence-corrected chi connectivity index (χ4v) is 2.53. The molecule has 1 aliphatic carbocycles. The van der Waals surface area contributed by atoms with Crippen LogP contribution >= 0.6 is 0 Å². The average Bonchev–Trinajstić information content (AvgIpc) is 2.36. The number of nitrogens with one attached hydrogen (secondary N) is 1. The maximum Gasteiger partial charge on any atom is 0.408 e. The van der Waals surface area contributed by atoms with Gasteiger partial charge >= 0.3 is 12.1 Å². The highest BCUT2D eigenvalue weighted by Gasteiger charge is 2.25. The Balaban J connectivity index is 2.19. The molecule has 114 valence electrons. The second-order valence-corrected chi connectivity index (χ2v) is 6.31. The van der Waals surface area contributed by atoms with Crippen LogP contribution in [-0.4, -0.2) is 22.8 Å². The van der Waals surface area contributed by atoms with Crippen molar-refractivity contribution in [1.82, 2.24) is 5.32 Å². The third-order valence-corrected chi connectivity index (χ3v) is 3.40. The molecule has 1 aliphatic rings. The molecule has 0 fully saturated rings. The summed E-state index contributed by atoms with van der Waals surface area (Å²) in [4.78, 5) is 23.0. The largest absolute Gasteiger partial charge is 0.478 e. The van der Waals surface area contributed by atoms with Crippen molar-refractivity contribution >= 4 is 12.1 Å². The molecule has 0 saturated heterocycles. The van der Waals surface area contributed by atoms with Crippen molar-refractivity contribution in [2.45, 2.75) is 51.7 Å². The highest BCUT2D eigenvalue weighted by atomic mass is 16.6. The molecule has 1 unspecified atom stereocenters. The van der Waals surface area contributed by atoms with Gasteiger partial charge in [0, 0.05) is 0 Å². The first-order valence-corrected chi connectivity index (χ1v) is 7.12. The van der Waals surface area contributed by atoms with Gasteiger partial charge in [-0.3, -0.25) is 0 Å². The number of alkyl carbamates (subject to hydrolysis) is 1. The Kier molecular flexibility index (Phi) is 4.21. The number of aryl methyl sites for hydroxylation is 1. The first-order chi connectivity index (χ1) is 9.76. The smallest absolute Gasteiger partial charge is 0.408 e. The molecule has 0 bridgehead atoms. The van der Waals surface area contributed by atoms with E-state index in [1.54, 1.807) is 12.1 Å². The monoisotopic (exact) mass is 291 g/mol. The molecular weight excluding hydrogens is 270 g/mol. The lowest BCUT2D eigenvalue weighted by atomic mass is 9.86. The molecule has 0 saturated carbocycles. The topological polar surface area (TPSA) is 75.6 Å². The number of amides is 1. The zero-order valence-corrected chi connectivity index (χ0v) is 12.6. The number of carboxylic acid groups (broad SMARTS) is 1. The molecule has 1 aromatic rings. The second-order valence-electron chi connectivity index (χ2n) is 6.31. The molecule has 2 N–H and O–H groups in total. The third kappa shape index (κ3) is 3.97. The zero-order valence-electron chi connectivity index (χ0n) is 12.6. The second kappa shape index (κ2) is 5.76. The Morgan fingerprint density at radius 2 is 2.05 bits per heavy atom. The molecule has 0 spiro atoms. The van der Waals surface area contributed by atoms with E-state index in [1.165, 1.54) is 0 Å². The van der Waals surface area contributed by atoms with Gasteiger partial charge in [0.25, 0.3) is 0 Å². The Bertz CT molecular complexity index is 560. The average molecular weight is 291 g/mol. The molecule has 0 heterocycles. The van der Waals surface area contributed by atoms with Crippen LogP contribution in [0.4, 0.5) is 4.79 Å². The molecule has 5 nitrogen and oxygen atoms in total. The quantitative estimate of drug-likeness (QED) is 0.876. The lowest BCUT2D eigenvalue weighted by Crippen LogP contribution is -2.36. The van der Waals surface area contributed by atoms with Gasteiger partial charge in [-0.1, -0.05) is 6.07 Å². The van der Waals surface area contributed by atoms with Crippen LogP contribution in [0.2, 0.25) is 0 Å². The Hall–Kier alpha value is -2.04. The van der Waals surface area contributed by atoms with Crippen LogP contribution in [0.3, 0.4) is 0 Å².